The van der Waals surface area contributed by atoms with Crippen LogP contribution in [0.1, 0.15) is 25.7 Å². The summed E-state index contributed by atoms with van der Waals surface area (Å²) in [6, 6.07) is 10.1. The van der Waals surface area contributed by atoms with E-state index in [4.69, 9.17) is 9.47 Å². The minimum atomic E-state index is 0.301. The average molecular weight is 375 g/mol. The van der Waals surface area contributed by atoms with Crippen molar-refractivity contribution in [3.05, 3.63) is 30.3 Å². The van der Waals surface area contributed by atoms with Crippen molar-refractivity contribution < 1.29 is 9.47 Å². The Morgan fingerprint density at radius 2 is 1.85 bits per heavy atom. The fourth-order valence-corrected chi connectivity index (χ4v) is 3.69. The molecule has 0 spiro atoms. The number of nitrogens with one attached hydrogen (secondary N) is 1. The highest BCUT2D eigenvalue weighted by Crippen LogP contribution is 2.18. The first kappa shape index (κ1) is 20.0. The second-order valence-corrected chi connectivity index (χ2v) is 7.25. The van der Waals surface area contributed by atoms with Crippen molar-refractivity contribution >= 4 is 5.96 Å². The fourth-order valence-electron chi connectivity index (χ4n) is 3.69. The number of para-hydroxylation sites is 1. The molecule has 2 heterocycles. The summed E-state index contributed by atoms with van der Waals surface area (Å²) in [7, 11) is 1.88. The number of ether oxygens (including phenoxy) is 2. The molecule has 2 aliphatic rings. The van der Waals surface area contributed by atoms with Gasteiger partial charge < -0.3 is 19.7 Å². The van der Waals surface area contributed by atoms with Crippen molar-refractivity contribution in [1.29, 1.82) is 0 Å². The Labute approximate surface area is 163 Å². The third-order valence-electron chi connectivity index (χ3n) is 5.29. The molecule has 0 unspecified atom stereocenters. The van der Waals surface area contributed by atoms with Crippen LogP contribution in [0.3, 0.4) is 0 Å². The molecule has 0 atom stereocenters. The Kier molecular flexibility index (Phi) is 8.24. The second kappa shape index (κ2) is 11.1. The molecule has 0 amide bonds. The molecule has 0 bridgehead atoms. The van der Waals surface area contributed by atoms with Gasteiger partial charge in [0.25, 0.3) is 0 Å². The van der Waals surface area contributed by atoms with E-state index in [1.165, 1.54) is 19.4 Å². The molecule has 2 saturated heterocycles. The summed E-state index contributed by atoms with van der Waals surface area (Å²) < 4.78 is 11.5. The van der Waals surface area contributed by atoms with E-state index in [0.717, 1.165) is 70.5 Å². The quantitative estimate of drug-likeness (QED) is 0.451. The number of aliphatic imine (C=N–C) groups is 1. The van der Waals surface area contributed by atoms with Gasteiger partial charge in [-0.15, -0.1) is 0 Å². The number of benzene rings is 1. The SMILES string of the molecule is CN=C(NCCCCN1CCOCC1)N1CCC(Oc2ccccc2)CC1. The van der Waals surface area contributed by atoms with E-state index in [0.29, 0.717) is 6.10 Å². The lowest BCUT2D eigenvalue weighted by atomic mass is 10.1. The van der Waals surface area contributed by atoms with E-state index in [1.54, 1.807) is 0 Å². The summed E-state index contributed by atoms with van der Waals surface area (Å²) >= 11 is 0. The second-order valence-electron chi connectivity index (χ2n) is 7.25. The standard InChI is InChI=1S/C21H34N4O2/c1-22-21(23-11-5-6-12-24-15-17-26-18-16-24)25-13-9-20(10-14-25)27-19-7-3-2-4-8-19/h2-4,7-8,20H,5-6,9-18H2,1H3,(H,22,23). The minimum absolute atomic E-state index is 0.301. The molecule has 1 aromatic carbocycles. The van der Waals surface area contributed by atoms with Crippen LogP contribution < -0.4 is 10.1 Å². The number of morpholine rings is 1. The molecule has 0 radical (unpaired) electrons. The summed E-state index contributed by atoms with van der Waals surface area (Å²) in [4.78, 5) is 9.32. The maximum absolute atomic E-state index is 6.09. The van der Waals surface area contributed by atoms with Crippen LogP contribution in [0.4, 0.5) is 0 Å². The monoisotopic (exact) mass is 374 g/mol. The minimum Gasteiger partial charge on any atom is -0.490 e. The van der Waals surface area contributed by atoms with Crippen LogP contribution in [0.2, 0.25) is 0 Å². The molecular weight excluding hydrogens is 340 g/mol. The first-order valence-electron chi connectivity index (χ1n) is 10.3. The smallest absolute Gasteiger partial charge is 0.193 e. The number of rotatable bonds is 7. The van der Waals surface area contributed by atoms with E-state index < -0.39 is 0 Å². The normalized spacial score (nSPS) is 19.9. The first-order chi connectivity index (χ1) is 13.3. The highest BCUT2D eigenvalue weighted by atomic mass is 16.5. The summed E-state index contributed by atoms with van der Waals surface area (Å²) in [5, 5.41) is 3.53. The summed E-state index contributed by atoms with van der Waals surface area (Å²) in [5.41, 5.74) is 0. The number of hydrogen-bond donors (Lipinski definition) is 1. The summed E-state index contributed by atoms with van der Waals surface area (Å²) in [5.74, 6) is 2.00. The molecule has 1 aromatic rings. The third-order valence-corrected chi connectivity index (χ3v) is 5.29. The van der Waals surface area contributed by atoms with Crippen molar-refractivity contribution in [2.45, 2.75) is 31.8 Å². The van der Waals surface area contributed by atoms with E-state index in [2.05, 4.69) is 20.1 Å². The van der Waals surface area contributed by atoms with Crippen molar-refractivity contribution in [1.82, 2.24) is 15.1 Å². The van der Waals surface area contributed by atoms with Gasteiger partial charge in [0, 0.05) is 52.6 Å². The molecule has 3 rings (SSSR count). The Balaban J connectivity index is 1.30. The molecule has 150 valence electrons. The van der Waals surface area contributed by atoms with Crippen molar-refractivity contribution in [2.75, 3.05) is 59.5 Å². The van der Waals surface area contributed by atoms with E-state index in [-0.39, 0.29) is 0 Å². The van der Waals surface area contributed by atoms with Crippen LogP contribution in [0, 0.1) is 0 Å². The van der Waals surface area contributed by atoms with Gasteiger partial charge in [-0.25, -0.2) is 0 Å². The number of guanidine groups is 1. The van der Waals surface area contributed by atoms with Gasteiger partial charge in [-0.2, -0.15) is 0 Å². The number of unbranched alkanes of at least 4 members (excludes halogenated alkanes) is 1. The van der Waals surface area contributed by atoms with Crippen LogP contribution >= 0.6 is 0 Å². The molecule has 0 saturated carbocycles. The molecular formula is C21H34N4O2. The first-order valence-corrected chi connectivity index (χ1v) is 10.3. The fraction of sp³-hybridized carbons (Fsp3) is 0.667. The van der Waals surface area contributed by atoms with Gasteiger partial charge in [0.05, 0.1) is 13.2 Å². The molecule has 0 aromatic heterocycles. The number of likely N-dealkylation sites (tertiary alicyclic amines) is 1. The van der Waals surface area contributed by atoms with Crippen LogP contribution in [0.15, 0.2) is 35.3 Å². The zero-order chi connectivity index (χ0) is 18.7. The highest BCUT2D eigenvalue weighted by molar-refractivity contribution is 5.79. The Morgan fingerprint density at radius 3 is 2.56 bits per heavy atom. The van der Waals surface area contributed by atoms with Crippen LogP contribution in [-0.4, -0.2) is 81.4 Å². The topological polar surface area (TPSA) is 49.3 Å². The van der Waals surface area contributed by atoms with Gasteiger partial charge in [0.15, 0.2) is 5.96 Å². The molecule has 6 heteroatoms. The molecule has 1 N–H and O–H groups in total. The number of nitrogens with zero attached hydrogens (tertiary/aromatic N) is 3. The van der Waals surface area contributed by atoms with Crippen LogP contribution in [0.25, 0.3) is 0 Å². The van der Waals surface area contributed by atoms with Crippen molar-refractivity contribution in [2.24, 2.45) is 4.99 Å². The molecule has 2 fully saturated rings. The third kappa shape index (κ3) is 6.70. The molecule has 0 aliphatic carbocycles. The van der Waals surface area contributed by atoms with Crippen molar-refractivity contribution in [3.63, 3.8) is 0 Å². The van der Waals surface area contributed by atoms with E-state index >= 15 is 0 Å². The van der Waals surface area contributed by atoms with Gasteiger partial charge in [-0.05, 0) is 31.5 Å². The predicted octanol–water partition coefficient (Wildman–Crippen LogP) is 2.22. The molecule has 2 aliphatic heterocycles. The lowest BCUT2D eigenvalue weighted by Crippen LogP contribution is -2.47. The van der Waals surface area contributed by atoms with Gasteiger partial charge in [-0.1, -0.05) is 18.2 Å². The zero-order valence-electron chi connectivity index (χ0n) is 16.6. The van der Waals surface area contributed by atoms with E-state index in [9.17, 15) is 0 Å². The molecule has 27 heavy (non-hydrogen) atoms. The van der Waals surface area contributed by atoms with Crippen LogP contribution in [0.5, 0.6) is 5.75 Å². The zero-order valence-corrected chi connectivity index (χ0v) is 16.6. The Hall–Kier alpha value is -1.79. The van der Waals surface area contributed by atoms with Crippen molar-refractivity contribution in [3.8, 4) is 5.75 Å². The number of hydrogen-bond acceptors (Lipinski definition) is 4. The van der Waals surface area contributed by atoms with Gasteiger partial charge in [0.1, 0.15) is 11.9 Å². The number of piperidine rings is 1. The van der Waals surface area contributed by atoms with Gasteiger partial charge in [0.2, 0.25) is 0 Å². The summed E-state index contributed by atoms with van der Waals surface area (Å²) in [6.07, 6.45) is 4.76. The average Bonchev–Trinajstić information content (AvgIpc) is 2.73. The van der Waals surface area contributed by atoms with E-state index in [1.807, 2.05) is 37.4 Å². The highest BCUT2D eigenvalue weighted by Gasteiger charge is 2.22. The lowest BCUT2D eigenvalue weighted by Gasteiger charge is -2.34. The van der Waals surface area contributed by atoms with Gasteiger partial charge >= 0.3 is 0 Å². The van der Waals surface area contributed by atoms with Crippen LogP contribution in [-0.2, 0) is 4.74 Å². The predicted molar refractivity (Wildman–Crippen MR) is 110 cm³/mol. The Bertz CT molecular complexity index is 553. The lowest BCUT2D eigenvalue weighted by molar-refractivity contribution is 0.0372. The summed E-state index contributed by atoms with van der Waals surface area (Å²) in [6.45, 7) is 8.06. The van der Waals surface area contributed by atoms with Gasteiger partial charge in [-0.3, -0.25) is 9.89 Å². The largest absolute Gasteiger partial charge is 0.490 e. The maximum Gasteiger partial charge on any atom is 0.193 e. The maximum atomic E-state index is 6.09. The molecule has 6 nitrogen and oxygen atoms in total. The Morgan fingerprint density at radius 1 is 1.11 bits per heavy atom.